The maximum Gasteiger partial charge on any atom is 0.210 e. The average Bonchev–Trinajstić information content (AvgIpc) is 3.18. The molecule has 0 fully saturated rings. The summed E-state index contributed by atoms with van der Waals surface area (Å²) in [4.78, 5) is 27.8. The monoisotopic (exact) mass is 383 g/mol. The first-order valence-corrected chi connectivity index (χ1v) is 9.47. The zero-order chi connectivity index (χ0) is 19.6. The molecule has 1 atom stereocenters. The predicted molar refractivity (Wildman–Crippen MR) is 103 cm³/mol. The summed E-state index contributed by atoms with van der Waals surface area (Å²) >= 11 is 1.30. The molecule has 0 aliphatic heterocycles. The number of nitrogens with one attached hydrogen (secondary N) is 1. The lowest BCUT2D eigenvalue weighted by molar-refractivity contribution is 0.0988. The second-order valence-corrected chi connectivity index (χ2v) is 7.72. The van der Waals surface area contributed by atoms with Gasteiger partial charge in [-0.3, -0.25) is 9.59 Å². The summed E-state index contributed by atoms with van der Waals surface area (Å²) < 4.78 is 1.68. The summed E-state index contributed by atoms with van der Waals surface area (Å²) in [6.07, 6.45) is 0. The Morgan fingerprint density at radius 1 is 1.22 bits per heavy atom. The topological polar surface area (TPSA) is 93.5 Å². The van der Waals surface area contributed by atoms with Crippen LogP contribution in [0, 0.1) is 13.8 Å². The number of hydrogen-bond donors (Lipinski definition) is 1. The van der Waals surface area contributed by atoms with Crippen molar-refractivity contribution < 1.29 is 9.59 Å². The van der Waals surface area contributed by atoms with Crippen molar-refractivity contribution in [3.05, 3.63) is 58.4 Å². The van der Waals surface area contributed by atoms with E-state index in [0.29, 0.717) is 28.5 Å². The molecule has 0 aliphatic carbocycles. The van der Waals surface area contributed by atoms with Crippen LogP contribution in [0.25, 0.3) is 0 Å². The third-order valence-electron chi connectivity index (χ3n) is 4.36. The van der Waals surface area contributed by atoms with Crippen LogP contribution in [0.5, 0.6) is 0 Å². The van der Waals surface area contributed by atoms with E-state index in [2.05, 4.69) is 20.5 Å². The highest BCUT2D eigenvalue weighted by Crippen LogP contribution is 2.26. The van der Waals surface area contributed by atoms with Crippen molar-refractivity contribution in [2.24, 2.45) is 0 Å². The molecular formula is C19H21N5O2S. The molecule has 8 heteroatoms. The number of carbonyl (C=O) groups excluding carboxylic acids is 2. The van der Waals surface area contributed by atoms with Crippen LogP contribution >= 0.6 is 11.8 Å². The zero-order valence-corrected chi connectivity index (χ0v) is 16.5. The number of aryl methyl sites for hydroxylation is 1. The Morgan fingerprint density at radius 3 is 2.56 bits per heavy atom. The highest BCUT2D eigenvalue weighted by atomic mass is 32.2. The van der Waals surface area contributed by atoms with E-state index in [4.69, 9.17) is 0 Å². The van der Waals surface area contributed by atoms with Crippen molar-refractivity contribution in [3.8, 4) is 0 Å². The molecular weight excluding hydrogens is 362 g/mol. The lowest BCUT2D eigenvalue weighted by Gasteiger charge is -2.10. The molecule has 1 aromatic carbocycles. The molecule has 2 aromatic heterocycles. The number of rotatable bonds is 7. The Kier molecular flexibility index (Phi) is 5.55. The van der Waals surface area contributed by atoms with E-state index >= 15 is 0 Å². The van der Waals surface area contributed by atoms with Crippen molar-refractivity contribution in [1.29, 1.82) is 0 Å². The van der Waals surface area contributed by atoms with E-state index < -0.39 is 5.25 Å². The normalized spacial score (nSPS) is 12.1. The summed E-state index contributed by atoms with van der Waals surface area (Å²) in [6, 6.07) is 9.87. The number of benzene rings is 1. The van der Waals surface area contributed by atoms with E-state index in [1.165, 1.54) is 18.7 Å². The van der Waals surface area contributed by atoms with Gasteiger partial charge in [-0.05, 0) is 49.2 Å². The molecule has 0 radical (unpaired) electrons. The molecule has 0 bridgehead atoms. The lowest BCUT2D eigenvalue weighted by atomic mass is 10.0. The van der Waals surface area contributed by atoms with Gasteiger partial charge in [0, 0.05) is 11.3 Å². The van der Waals surface area contributed by atoms with Crippen LogP contribution in [-0.4, -0.2) is 42.0 Å². The molecule has 0 aliphatic rings. The number of H-pyrrole nitrogens is 1. The number of hydrogen-bond acceptors (Lipinski definition) is 6. The molecule has 1 N–H and O–H groups in total. The fraction of sp³-hybridized carbons (Fsp3) is 0.316. The number of carbonyl (C=O) groups is 2. The molecule has 140 valence electrons. The average molecular weight is 383 g/mol. The third kappa shape index (κ3) is 4.00. The lowest BCUT2D eigenvalue weighted by Crippen LogP contribution is -2.16. The first kappa shape index (κ1) is 19.0. The zero-order valence-electron chi connectivity index (χ0n) is 15.7. The van der Waals surface area contributed by atoms with E-state index in [1.807, 2.05) is 37.3 Å². The Balaban J connectivity index is 1.78. The van der Waals surface area contributed by atoms with Crippen LogP contribution in [0.4, 0.5) is 0 Å². The summed E-state index contributed by atoms with van der Waals surface area (Å²) in [5, 5.41) is 12.0. The van der Waals surface area contributed by atoms with Gasteiger partial charge in [0.25, 0.3) is 0 Å². The van der Waals surface area contributed by atoms with Gasteiger partial charge in [-0.1, -0.05) is 42.1 Å². The van der Waals surface area contributed by atoms with Crippen LogP contribution in [0.2, 0.25) is 0 Å². The van der Waals surface area contributed by atoms with Gasteiger partial charge in [-0.25, -0.2) is 4.68 Å². The van der Waals surface area contributed by atoms with Gasteiger partial charge in [0.1, 0.15) is 0 Å². The fourth-order valence-electron chi connectivity index (χ4n) is 3.08. The quantitative estimate of drug-likeness (QED) is 0.497. The Hall–Kier alpha value is -2.74. The SMILES string of the molecule is CC(=O)c1c(C)[nH]c(C(=O)C(C)Sc2nnnn2Cc2ccccc2)c1C. The molecule has 0 saturated carbocycles. The number of aromatic nitrogens is 5. The summed E-state index contributed by atoms with van der Waals surface area (Å²) in [6.45, 7) is 7.46. The maximum absolute atomic E-state index is 12.9. The minimum atomic E-state index is -0.401. The highest BCUT2D eigenvalue weighted by molar-refractivity contribution is 8.00. The minimum Gasteiger partial charge on any atom is -0.355 e. The number of tetrazole rings is 1. The molecule has 0 spiro atoms. The molecule has 27 heavy (non-hydrogen) atoms. The van der Waals surface area contributed by atoms with Gasteiger partial charge in [-0.15, -0.1) is 5.10 Å². The van der Waals surface area contributed by atoms with Gasteiger partial charge >= 0.3 is 0 Å². The number of aromatic amines is 1. The summed E-state index contributed by atoms with van der Waals surface area (Å²) in [5.74, 6) is -0.130. The van der Waals surface area contributed by atoms with Gasteiger partial charge in [0.2, 0.25) is 5.16 Å². The van der Waals surface area contributed by atoms with E-state index in [9.17, 15) is 9.59 Å². The Labute approximate surface area is 161 Å². The first-order chi connectivity index (χ1) is 12.9. The maximum atomic E-state index is 12.9. The van der Waals surface area contributed by atoms with E-state index in [-0.39, 0.29) is 11.6 Å². The predicted octanol–water partition coefficient (Wildman–Crippen LogP) is 3.23. The van der Waals surface area contributed by atoms with Gasteiger partial charge in [0.15, 0.2) is 11.6 Å². The molecule has 0 amide bonds. The van der Waals surface area contributed by atoms with Crippen LogP contribution in [0.1, 0.15) is 51.5 Å². The van der Waals surface area contributed by atoms with Gasteiger partial charge < -0.3 is 4.98 Å². The van der Waals surface area contributed by atoms with Crippen LogP contribution in [0.15, 0.2) is 35.5 Å². The van der Waals surface area contributed by atoms with Crippen molar-refractivity contribution in [1.82, 2.24) is 25.2 Å². The molecule has 3 aromatic rings. The van der Waals surface area contributed by atoms with Gasteiger partial charge in [-0.2, -0.15) is 0 Å². The summed E-state index contributed by atoms with van der Waals surface area (Å²) in [5.41, 5.74) is 3.55. The van der Waals surface area contributed by atoms with Crippen LogP contribution < -0.4 is 0 Å². The van der Waals surface area contributed by atoms with Crippen molar-refractivity contribution in [3.63, 3.8) is 0 Å². The standard InChI is InChI=1S/C19H21N5O2S/c1-11-16(13(3)25)12(2)20-17(11)18(26)14(4)27-19-21-22-23-24(19)10-15-8-6-5-7-9-15/h5-9,14,20H,10H2,1-4H3. The summed E-state index contributed by atoms with van der Waals surface area (Å²) in [7, 11) is 0. The second-order valence-electron chi connectivity index (χ2n) is 6.41. The number of ketones is 2. The Bertz CT molecular complexity index is 977. The largest absolute Gasteiger partial charge is 0.355 e. The highest BCUT2D eigenvalue weighted by Gasteiger charge is 2.25. The number of nitrogens with zero attached hydrogens (tertiary/aromatic N) is 4. The smallest absolute Gasteiger partial charge is 0.210 e. The minimum absolute atomic E-state index is 0.0487. The van der Waals surface area contributed by atoms with E-state index in [1.54, 1.807) is 18.5 Å². The third-order valence-corrected chi connectivity index (χ3v) is 5.43. The molecule has 7 nitrogen and oxygen atoms in total. The van der Waals surface area contributed by atoms with Crippen LogP contribution in [0.3, 0.4) is 0 Å². The van der Waals surface area contributed by atoms with Crippen LogP contribution in [-0.2, 0) is 6.54 Å². The first-order valence-electron chi connectivity index (χ1n) is 8.59. The van der Waals surface area contributed by atoms with Crippen molar-refractivity contribution in [2.75, 3.05) is 0 Å². The fourth-order valence-corrected chi connectivity index (χ4v) is 3.92. The molecule has 2 heterocycles. The number of thioether (sulfide) groups is 1. The molecule has 0 saturated heterocycles. The molecule has 3 rings (SSSR count). The van der Waals surface area contributed by atoms with E-state index in [0.717, 1.165) is 11.3 Å². The second kappa shape index (κ2) is 7.87. The van der Waals surface area contributed by atoms with Gasteiger partial charge in [0.05, 0.1) is 17.5 Å². The number of Topliss-reactive ketones (excluding diaryl/α,β-unsaturated/α-hetero) is 2. The molecule has 1 unspecified atom stereocenters. The van der Waals surface area contributed by atoms with Crippen molar-refractivity contribution >= 4 is 23.3 Å². The Morgan fingerprint density at radius 2 is 1.93 bits per heavy atom. The van der Waals surface area contributed by atoms with Crippen molar-refractivity contribution in [2.45, 2.75) is 44.6 Å².